The molecular weight excluding hydrogens is 206 g/mol. The first-order valence-corrected chi connectivity index (χ1v) is 5.75. The average Bonchev–Trinajstić information content (AvgIpc) is 2.24. The molecule has 5 nitrogen and oxygen atoms in total. The number of hydrogen-bond donors (Lipinski definition) is 2. The van der Waals surface area contributed by atoms with Gasteiger partial charge in [-0.2, -0.15) is 0 Å². The Morgan fingerprint density at radius 2 is 1.81 bits per heavy atom. The van der Waals surface area contributed by atoms with Crippen LogP contribution in [0.15, 0.2) is 0 Å². The second-order valence-corrected chi connectivity index (χ2v) is 3.85. The van der Waals surface area contributed by atoms with Crippen molar-refractivity contribution in [3.8, 4) is 0 Å². The van der Waals surface area contributed by atoms with Gasteiger partial charge in [0.15, 0.2) is 0 Å². The van der Waals surface area contributed by atoms with E-state index in [1.165, 1.54) is 0 Å². The first-order valence-electron chi connectivity index (χ1n) is 5.75. The molecule has 0 atom stereocenters. The van der Waals surface area contributed by atoms with E-state index in [4.69, 9.17) is 0 Å². The summed E-state index contributed by atoms with van der Waals surface area (Å²) < 4.78 is 0. The highest BCUT2D eigenvalue weighted by molar-refractivity contribution is 5.78. The van der Waals surface area contributed by atoms with Gasteiger partial charge < -0.3 is 15.5 Å². The van der Waals surface area contributed by atoms with Crippen molar-refractivity contribution in [3.05, 3.63) is 0 Å². The van der Waals surface area contributed by atoms with Crippen LogP contribution in [0.3, 0.4) is 0 Å². The van der Waals surface area contributed by atoms with Crippen molar-refractivity contribution in [1.82, 2.24) is 15.5 Å². The number of nitrogens with zero attached hydrogens (tertiary/aromatic N) is 1. The van der Waals surface area contributed by atoms with Crippen LogP contribution in [0.5, 0.6) is 0 Å². The van der Waals surface area contributed by atoms with Crippen molar-refractivity contribution >= 4 is 11.8 Å². The molecule has 0 aliphatic carbocycles. The van der Waals surface area contributed by atoms with Crippen LogP contribution >= 0.6 is 0 Å². The van der Waals surface area contributed by atoms with Crippen molar-refractivity contribution < 1.29 is 9.59 Å². The van der Waals surface area contributed by atoms with Crippen LogP contribution in [0, 0.1) is 0 Å². The summed E-state index contributed by atoms with van der Waals surface area (Å²) in [5.41, 5.74) is 0. The molecular formula is C11H23N3O2. The van der Waals surface area contributed by atoms with E-state index in [1.54, 1.807) is 19.0 Å². The molecule has 0 aromatic carbocycles. The summed E-state index contributed by atoms with van der Waals surface area (Å²) in [7, 11) is 3.44. The van der Waals surface area contributed by atoms with Gasteiger partial charge in [-0.15, -0.1) is 0 Å². The molecule has 0 bridgehead atoms. The zero-order valence-corrected chi connectivity index (χ0v) is 10.5. The number of amides is 2. The fourth-order valence-electron chi connectivity index (χ4n) is 1.18. The van der Waals surface area contributed by atoms with Crippen LogP contribution in [0.25, 0.3) is 0 Å². The van der Waals surface area contributed by atoms with E-state index in [9.17, 15) is 9.59 Å². The molecule has 0 fully saturated rings. The minimum Gasteiger partial charge on any atom is -0.355 e. The molecule has 0 spiro atoms. The summed E-state index contributed by atoms with van der Waals surface area (Å²) in [4.78, 5) is 24.0. The van der Waals surface area contributed by atoms with Crippen LogP contribution in [-0.4, -0.2) is 50.4 Å². The topological polar surface area (TPSA) is 61.4 Å². The lowest BCUT2D eigenvalue weighted by Gasteiger charge is -2.09. The van der Waals surface area contributed by atoms with Gasteiger partial charge in [-0.3, -0.25) is 9.59 Å². The summed E-state index contributed by atoms with van der Waals surface area (Å²) in [6.45, 7) is 4.37. The highest BCUT2D eigenvalue weighted by Crippen LogP contribution is 1.97. The van der Waals surface area contributed by atoms with E-state index in [0.29, 0.717) is 25.8 Å². The third-order valence-electron chi connectivity index (χ3n) is 2.17. The Balaban J connectivity index is 3.40. The van der Waals surface area contributed by atoms with Crippen LogP contribution in [0.2, 0.25) is 0 Å². The first-order chi connectivity index (χ1) is 7.57. The molecule has 0 aliphatic rings. The molecule has 94 valence electrons. The molecule has 16 heavy (non-hydrogen) atoms. The predicted octanol–water partition coefficient (Wildman–Crippen LogP) is -0.0294. The van der Waals surface area contributed by atoms with Crippen LogP contribution in [0.4, 0.5) is 0 Å². The zero-order chi connectivity index (χ0) is 12.4. The number of carbonyl (C=O) groups excluding carboxylic acids is 2. The number of rotatable bonds is 8. The van der Waals surface area contributed by atoms with Crippen molar-refractivity contribution in [1.29, 1.82) is 0 Å². The van der Waals surface area contributed by atoms with Crippen LogP contribution in [-0.2, 0) is 9.59 Å². The van der Waals surface area contributed by atoms with Gasteiger partial charge in [0.1, 0.15) is 0 Å². The molecule has 0 heterocycles. The molecule has 0 saturated heterocycles. The lowest BCUT2D eigenvalue weighted by atomic mass is 10.2. The van der Waals surface area contributed by atoms with Gasteiger partial charge in [0.05, 0.1) is 0 Å². The molecule has 2 N–H and O–H groups in total. The van der Waals surface area contributed by atoms with Gasteiger partial charge in [0.2, 0.25) is 11.8 Å². The highest BCUT2D eigenvalue weighted by Gasteiger charge is 2.05. The van der Waals surface area contributed by atoms with Gasteiger partial charge in [-0.1, -0.05) is 6.92 Å². The Kier molecular flexibility index (Phi) is 8.52. The van der Waals surface area contributed by atoms with Gasteiger partial charge in [-0.25, -0.2) is 0 Å². The Bertz CT molecular complexity index is 217. The summed E-state index contributed by atoms with van der Waals surface area (Å²) in [6.07, 6.45) is 1.48. The third kappa shape index (κ3) is 8.23. The fraction of sp³-hybridized carbons (Fsp3) is 0.818. The molecule has 5 heteroatoms. The van der Waals surface area contributed by atoms with Crippen molar-refractivity contribution in [3.63, 3.8) is 0 Å². The van der Waals surface area contributed by atoms with E-state index >= 15 is 0 Å². The van der Waals surface area contributed by atoms with Crippen molar-refractivity contribution in [2.75, 3.05) is 33.7 Å². The van der Waals surface area contributed by atoms with Crippen LogP contribution < -0.4 is 10.6 Å². The second-order valence-electron chi connectivity index (χ2n) is 3.85. The van der Waals surface area contributed by atoms with Crippen molar-refractivity contribution in [2.45, 2.75) is 26.2 Å². The molecule has 2 amide bonds. The monoisotopic (exact) mass is 229 g/mol. The number of likely N-dealkylation sites (N-methyl/N-ethyl adjacent to an activating group) is 1. The summed E-state index contributed by atoms with van der Waals surface area (Å²) in [6, 6.07) is 0. The van der Waals surface area contributed by atoms with Gasteiger partial charge in [0.25, 0.3) is 0 Å². The van der Waals surface area contributed by atoms with Gasteiger partial charge in [-0.05, 0) is 13.0 Å². The first kappa shape index (κ1) is 14.9. The molecule has 0 radical (unpaired) electrons. The molecule has 0 aromatic rings. The largest absolute Gasteiger partial charge is 0.355 e. The summed E-state index contributed by atoms with van der Waals surface area (Å²) in [5.74, 6) is 0.0879. The Labute approximate surface area is 97.6 Å². The van der Waals surface area contributed by atoms with E-state index in [2.05, 4.69) is 10.6 Å². The number of nitrogens with one attached hydrogen (secondary N) is 2. The number of carbonyl (C=O) groups is 2. The molecule has 0 aliphatic heterocycles. The molecule has 0 unspecified atom stereocenters. The lowest BCUT2D eigenvalue weighted by Crippen LogP contribution is -2.31. The second kappa shape index (κ2) is 9.15. The third-order valence-corrected chi connectivity index (χ3v) is 2.17. The standard InChI is InChI=1S/C11H23N3O2/c1-4-12-8-9-13-10(15)6-5-7-11(16)14(2)3/h12H,4-9H2,1-3H3,(H,13,15). The Morgan fingerprint density at radius 3 is 2.38 bits per heavy atom. The maximum absolute atomic E-state index is 11.3. The van der Waals surface area contributed by atoms with E-state index in [-0.39, 0.29) is 11.8 Å². The lowest BCUT2D eigenvalue weighted by molar-refractivity contribution is -0.128. The van der Waals surface area contributed by atoms with Crippen LogP contribution in [0.1, 0.15) is 26.2 Å². The normalized spacial score (nSPS) is 9.94. The van der Waals surface area contributed by atoms with E-state index in [1.807, 2.05) is 6.92 Å². The Hall–Kier alpha value is -1.10. The minimum absolute atomic E-state index is 0.0180. The smallest absolute Gasteiger partial charge is 0.222 e. The minimum atomic E-state index is 0.0180. The maximum atomic E-state index is 11.3. The Morgan fingerprint density at radius 1 is 1.12 bits per heavy atom. The fourth-order valence-corrected chi connectivity index (χ4v) is 1.18. The molecule has 0 rings (SSSR count). The quantitative estimate of drug-likeness (QED) is 0.575. The zero-order valence-electron chi connectivity index (χ0n) is 10.5. The number of hydrogen-bond acceptors (Lipinski definition) is 3. The molecule has 0 aromatic heterocycles. The van der Waals surface area contributed by atoms with E-state index in [0.717, 1.165) is 13.1 Å². The molecule has 0 saturated carbocycles. The predicted molar refractivity (Wildman–Crippen MR) is 64.1 cm³/mol. The average molecular weight is 229 g/mol. The highest BCUT2D eigenvalue weighted by atomic mass is 16.2. The van der Waals surface area contributed by atoms with E-state index < -0.39 is 0 Å². The van der Waals surface area contributed by atoms with Gasteiger partial charge >= 0.3 is 0 Å². The van der Waals surface area contributed by atoms with Crippen molar-refractivity contribution in [2.24, 2.45) is 0 Å². The summed E-state index contributed by atoms with van der Waals surface area (Å²) >= 11 is 0. The summed E-state index contributed by atoms with van der Waals surface area (Å²) in [5, 5.41) is 5.91. The SMILES string of the molecule is CCNCCNC(=O)CCCC(=O)N(C)C. The maximum Gasteiger partial charge on any atom is 0.222 e. The van der Waals surface area contributed by atoms with Gasteiger partial charge in [0, 0.05) is 40.0 Å².